The maximum atomic E-state index is 12.6. The summed E-state index contributed by atoms with van der Waals surface area (Å²) in [7, 11) is 0. The Labute approximate surface area is 394 Å². The van der Waals surface area contributed by atoms with E-state index < -0.39 is 51.2 Å². The van der Waals surface area contributed by atoms with Gasteiger partial charge in [0.15, 0.2) is 0 Å². The normalized spacial score (nSPS) is 22.1. The van der Waals surface area contributed by atoms with Crippen molar-refractivity contribution in [1.82, 2.24) is 41.1 Å². The molecule has 3 aromatic heterocycles. The summed E-state index contributed by atoms with van der Waals surface area (Å²) in [6, 6.07) is 0. The summed E-state index contributed by atoms with van der Waals surface area (Å²) in [6.07, 6.45) is 10.7. The molecule has 0 N–H and O–H groups in total. The Bertz CT molecular complexity index is 2630. The van der Waals surface area contributed by atoms with Crippen molar-refractivity contribution in [2.24, 2.45) is 0 Å². The highest BCUT2D eigenvalue weighted by Gasteiger charge is 2.29. The lowest BCUT2D eigenvalue weighted by Gasteiger charge is -2.13. The summed E-state index contributed by atoms with van der Waals surface area (Å²) < 4.78 is 41.0. The average Bonchev–Trinajstić information content (AvgIpc) is 4.10. The number of hydrogen-bond donors (Lipinski definition) is 0. The highest BCUT2D eigenvalue weighted by atomic mass is 16.6. The minimum Gasteiger partial charge on any atom is -0.373 e. The highest BCUT2D eigenvalue weighted by molar-refractivity contribution is 4.87. The van der Waals surface area contributed by atoms with Crippen molar-refractivity contribution >= 4 is 0 Å². The molecule has 24 heteroatoms. The van der Waals surface area contributed by atoms with E-state index in [2.05, 4.69) is 19.7 Å². The molecule has 24 nitrogen and oxygen atoms in total. The van der Waals surface area contributed by atoms with Crippen LogP contribution in [-0.4, -0.2) is 117 Å². The molecule has 6 aliphatic heterocycles. The molecule has 9 rings (SSSR count). The maximum absolute atomic E-state index is 12.6. The molecule has 9 heterocycles. The van der Waals surface area contributed by atoms with Gasteiger partial charge in [0.1, 0.15) is 0 Å². The van der Waals surface area contributed by atoms with Crippen LogP contribution in [0, 0.1) is 0 Å². The SMILES string of the molecule is C=CCCn1c(=O)n(CCC2CO2)c(=O)n(CCC2CO2)c1=O.C=CCCn1c(=O)n(CCC=C)c(=O)n(CCC2CO2)c1=O.O=c1n(CCC2CO2)c(=O)n(CCC2CO2)c(=O)n1CCC1CO1. The standard InChI is InChI=1S/C15H21N3O6.C15H21N3O5.C15H21N3O4/c19-13-16(4-1-10-7-22-10)14(20)18(6-3-12-9-24-12)15(21)17(13)5-2-11-8-23-11;1-2-3-6-16-13(19)17(7-4-11-9-22-11)15(21)18(14(16)20)8-5-12-10-23-12;1-3-5-8-16-13(19)17(9-6-4-2)15(21)18(14(16)20)10-7-12-11-22-12/h10-12H,1-9H2;2,11-12H,1,3-10H2;3-4,12H,1-2,5-11H2. The molecule has 6 unspecified atom stereocenters. The van der Waals surface area contributed by atoms with Crippen LogP contribution in [0.3, 0.4) is 0 Å². The first-order valence-corrected chi connectivity index (χ1v) is 23.7. The van der Waals surface area contributed by atoms with E-state index in [0.29, 0.717) is 97.4 Å². The Hall–Kier alpha value is -5.79. The molecule has 6 atom stereocenters. The fourth-order valence-electron chi connectivity index (χ4n) is 7.48. The van der Waals surface area contributed by atoms with Gasteiger partial charge < -0.3 is 28.4 Å². The first kappa shape index (κ1) is 51.1. The number of allylic oxidation sites excluding steroid dienone is 3. The summed E-state index contributed by atoms with van der Waals surface area (Å²) in [4.78, 5) is 112. The minimum absolute atomic E-state index is 0.112. The van der Waals surface area contributed by atoms with Gasteiger partial charge in [-0.3, -0.25) is 0 Å². The van der Waals surface area contributed by atoms with Gasteiger partial charge in [-0.2, -0.15) is 0 Å². The summed E-state index contributed by atoms with van der Waals surface area (Å²) in [6.45, 7) is 17.0. The van der Waals surface area contributed by atoms with Crippen molar-refractivity contribution in [1.29, 1.82) is 0 Å². The first-order chi connectivity index (χ1) is 33.3. The van der Waals surface area contributed by atoms with Crippen LogP contribution in [0.2, 0.25) is 0 Å². The predicted octanol–water partition coefficient (Wildman–Crippen LogP) is -2.02. The molecule has 0 aliphatic carbocycles. The zero-order valence-electron chi connectivity index (χ0n) is 38.9. The Kier molecular flexibility index (Phi) is 17.5. The van der Waals surface area contributed by atoms with Crippen LogP contribution in [0.4, 0.5) is 0 Å². The third kappa shape index (κ3) is 14.2. The zero-order valence-corrected chi connectivity index (χ0v) is 38.9. The number of hydrogen-bond acceptors (Lipinski definition) is 15. The van der Waals surface area contributed by atoms with E-state index in [1.807, 2.05) is 0 Å². The first-order valence-electron chi connectivity index (χ1n) is 23.7. The van der Waals surface area contributed by atoms with Crippen molar-refractivity contribution in [2.75, 3.05) is 39.6 Å². The van der Waals surface area contributed by atoms with Crippen LogP contribution in [-0.2, 0) is 87.3 Å². The van der Waals surface area contributed by atoms with Gasteiger partial charge in [0.2, 0.25) is 0 Å². The number of ether oxygens (including phenoxy) is 6. The molecule has 0 saturated carbocycles. The average molecular weight is 970 g/mol. The van der Waals surface area contributed by atoms with Crippen LogP contribution in [0.5, 0.6) is 0 Å². The molecule has 3 aromatic rings. The number of aromatic nitrogens is 9. The summed E-state index contributed by atoms with van der Waals surface area (Å²) in [5, 5.41) is 0. The van der Waals surface area contributed by atoms with Gasteiger partial charge in [-0.25, -0.2) is 84.3 Å². The van der Waals surface area contributed by atoms with E-state index in [1.165, 1.54) is 0 Å². The largest absolute Gasteiger partial charge is 0.373 e. The molecule has 6 aliphatic rings. The van der Waals surface area contributed by atoms with Gasteiger partial charge in [0.05, 0.1) is 76.3 Å². The van der Waals surface area contributed by atoms with E-state index in [1.54, 1.807) is 18.2 Å². The van der Waals surface area contributed by atoms with E-state index in [4.69, 9.17) is 28.4 Å². The fourth-order valence-corrected chi connectivity index (χ4v) is 7.48. The second-order valence-electron chi connectivity index (χ2n) is 17.6. The Morgan fingerprint density at radius 2 is 0.420 bits per heavy atom. The summed E-state index contributed by atoms with van der Waals surface area (Å²) in [5.74, 6) is 0. The third-order valence-electron chi connectivity index (χ3n) is 12.3. The van der Waals surface area contributed by atoms with Crippen molar-refractivity contribution in [3.05, 3.63) is 132 Å². The molecule has 0 spiro atoms. The van der Waals surface area contributed by atoms with E-state index in [9.17, 15) is 43.2 Å². The second kappa shape index (κ2) is 23.7. The highest BCUT2D eigenvalue weighted by Crippen LogP contribution is 2.17. The smallest absolute Gasteiger partial charge is 0.336 e. The van der Waals surface area contributed by atoms with Gasteiger partial charge in [-0.15, -0.1) is 19.7 Å². The molecule has 6 fully saturated rings. The fraction of sp³-hybridized carbons (Fsp3) is 0.667. The zero-order chi connectivity index (χ0) is 49.2. The lowest BCUT2D eigenvalue weighted by Crippen LogP contribution is -2.54. The Morgan fingerprint density at radius 1 is 0.290 bits per heavy atom. The number of nitrogens with zero attached hydrogens (tertiary/aromatic N) is 9. The second-order valence-corrected chi connectivity index (χ2v) is 17.6. The molecule has 0 amide bonds. The van der Waals surface area contributed by atoms with E-state index in [-0.39, 0.29) is 95.5 Å². The molecule has 0 bridgehead atoms. The molecule has 378 valence electrons. The third-order valence-corrected chi connectivity index (χ3v) is 12.3. The molecular formula is C45H63N9O15. The molecule has 69 heavy (non-hydrogen) atoms. The van der Waals surface area contributed by atoms with Crippen molar-refractivity contribution < 1.29 is 28.4 Å². The van der Waals surface area contributed by atoms with Crippen LogP contribution in [0.1, 0.15) is 57.8 Å². The van der Waals surface area contributed by atoms with Crippen LogP contribution < -0.4 is 51.2 Å². The monoisotopic (exact) mass is 969 g/mol. The number of rotatable bonds is 27. The minimum atomic E-state index is -0.572. The van der Waals surface area contributed by atoms with Gasteiger partial charge in [0, 0.05) is 58.9 Å². The lowest BCUT2D eigenvalue weighted by atomic mass is 10.3. The summed E-state index contributed by atoms with van der Waals surface area (Å²) >= 11 is 0. The molecule has 0 aromatic carbocycles. The van der Waals surface area contributed by atoms with Gasteiger partial charge >= 0.3 is 51.2 Å². The summed E-state index contributed by atoms with van der Waals surface area (Å²) in [5.41, 5.74) is -4.96. The van der Waals surface area contributed by atoms with Gasteiger partial charge in [-0.1, -0.05) is 18.2 Å². The van der Waals surface area contributed by atoms with Crippen LogP contribution in [0.25, 0.3) is 0 Å². The van der Waals surface area contributed by atoms with Gasteiger partial charge in [-0.05, 0) is 57.8 Å². The van der Waals surface area contributed by atoms with E-state index in [0.717, 1.165) is 41.1 Å². The Balaban J connectivity index is 0.000000153. The quantitative estimate of drug-likeness (QED) is 0.0589. The maximum Gasteiger partial charge on any atom is 0.336 e. The number of epoxide rings is 6. The van der Waals surface area contributed by atoms with Crippen LogP contribution >= 0.6 is 0 Å². The predicted molar refractivity (Wildman–Crippen MR) is 248 cm³/mol. The van der Waals surface area contributed by atoms with Crippen molar-refractivity contribution in [3.8, 4) is 0 Å². The van der Waals surface area contributed by atoms with E-state index >= 15 is 0 Å². The van der Waals surface area contributed by atoms with Crippen molar-refractivity contribution in [2.45, 2.75) is 153 Å². The molecular weight excluding hydrogens is 907 g/mol. The van der Waals surface area contributed by atoms with Crippen molar-refractivity contribution in [3.63, 3.8) is 0 Å². The molecule has 0 radical (unpaired) electrons. The topological polar surface area (TPSA) is 273 Å². The molecule has 6 saturated heterocycles. The Morgan fingerprint density at radius 3 is 0.536 bits per heavy atom. The lowest BCUT2D eigenvalue weighted by molar-refractivity contribution is 0.347. The van der Waals surface area contributed by atoms with Gasteiger partial charge in [0.25, 0.3) is 0 Å². The van der Waals surface area contributed by atoms with Crippen LogP contribution in [0.15, 0.2) is 81.1 Å².